The molecule has 0 radical (unpaired) electrons. The second-order valence-electron chi connectivity index (χ2n) is 4.43. The summed E-state index contributed by atoms with van der Waals surface area (Å²) in [5.74, 6) is -4.06. The largest absolute Gasteiger partial charge is 0.479 e. The van der Waals surface area contributed by atoms with Crippen molar-refractivity contribution in [2.75, 3.05) is 0 Å². The molecule has 0 aliphatic carbocycles. The Hall–Kier alpha value is -1.81. The Labute approximate surface area is 117 Å². The second-order valence-corrected chi connectivity index (χ2v) is 4.43. The molecule has 0 aromatic heterocycles. The van der Waals surface area contributed by atoms with E-state index < -0.39 is 54.1 Å². The van der Waals surface area contributed by atoms with Crippen LogP contribution in [0.15, 0.2) is 18.2 Å². The average Bonchev–Trinajstić information content (AvgIpc) is 2.41. The highest BCUT2D eigenvalue weighted by molar-refractivity contribution is 5.73. The van der Waals surface area contributed by atoms with Crippen molar-refractivity contribution in [1.82, 2.24) is 0 Å². The van der Waals surface area contributed by atoms with Crippen LogP contribution in [0, 0.1) is 11.6 Å². The van der Waals surface area contributed by atoms with E-state index in [1.165, 1.54) is 0 Å². The van der Waals surface area contributed by atoms with E-state index in [0.29, 0.717) is 6.07 Å². The number of rotatable bonds is 3. The lowest BCUT2D eigenvalue weighted by molar-refractivity contribution is -0.271. The Morgan fingerprint density at radius 3 is 2.38 bits per heavy atom. The third kappa shape index (κ3) is 3.10. The number of carbonyl (C=O) groups is 1. The van der Waals surface area contributed by atoms with Gasteiger partial charge in [0.25, 0.3) is 0 Å². The van der Waals surface area contributed by atoms with Gasteiger partial charge in [0.2, 0.25) is 6.29 Å². The van der Waals surface area contributed by atoms with Crippen molar-refractivity contribution in [3.8, 4) is 5.75 Å². The summed E-state index contributed by atoms with van der Waals surface area (Å²) in [5.41, 5.74) is 0. The van der Waals surface area contributed by atoms with E-state index in [2.05, 4.69) is 0 Å². The molecule has 7 nitrogen and oxygen atoms in total. The lowest BCUT2D eigenvalue weighted by Crippen LogP contribution is -2.61. The van der Waals surface area contributed by atoms with E-state index in [1.807, 2.05) is 0 Å². The van der Waals surface area contributed by atoms with Gasteiger partial charge in [0.05, 0.1) is 0 Å². The molecule has 116 valence electrons. The highest BCUT2D eigenvalue weighted by Crippen LogP contribution is 2.26. The Morgan fingerprint density at radius 1 is 1.14 bits per heavy atom. The molecule has 1 aromatic carbocycles. The fourth-order valence-electron chi connectivity index (χ4n) is 1.85. The molecule has 1 aliphatic rings. The molecule has 0 bridgehead atoms. The molecule has 0 saturated carbocycles. The minimum Gasteiger partial charge on any atom is -0.479 e. The maximum Gasteiger partial charge on any atom is 0.335 e. The van der Waals surface area contributed by atoms with Gasteiger partial charge in [-0.05, 0) is 12.1 Å². The summed E-state index contributed by atoms with van der Waals surface area (Å²) in [5, 5.41) is 37.5. The molecule has 1 saturated heterocycles. The zero-order valence-corrected chi connectivity index (χ0v) is 10.4. The number of carboxylic acid groups (broad SMARTS) is 1. The SMILES string of the molecule is O=C(O)[C@H]1O[C@@H](Oc2ccc(F)cc2F)[C@H](O)[C@@H](O)[C@@H]1O. The molecule has 0 spiro atoms. The zero-order valence-electron chi connectivity index (χ0n) is 10.4. The highest BCUT2D eigenvalue weighted by Gasteiger charge is 2.48. The number of aliphatic hydroxyl groups is 3. The first kappa shape index (κ1) is 15.6. The molecule has 1 aliphatic heterocycles. The van der Waals surface area contributed by atoms with Crippen LogP contribution in [-0.2, 0) is 9.53 Å². The van der Waals surface area contributed by atoms with Crippen LogP contribution in [-0.4, -0.2) is 57.1 Å². The van der Waals surface area contributed by atoms with Gasteiger partial charge in [0.15, 0.2) is 17.7 Å². The van der Waals surface area contributed by atoms with Crippen molar-refractivity contribution >= 4 is 5.97 Å². The van der Waals surface area contributed by atoms with Gasteiger partial charge < -0.3 is 29.9 Å². The molecular weight excluding hydrogens is 294 g/mol. The number of aliphatic carboxylic acids is 1. The van der Waals surface area contributed by atoms with Crippen LogP contribution in [0.3, 0.4) is 0 Å². The van der Waals surface area contributed by atoms with Gasteiger partial charge in [-0.15, -0.1) is 0 Å². The van der Waals surface area contributed by atoms with Gasteiger partial charge in [0.1, 0.15) is 24.1 Å². The van der Waals surface area contributed by atoms with Crippen LogP contribution in [0.2, 0.25) is 0 Å². The van der Waals surface area contributed by atoms with Crippen molar-refractivity contribution in [2.24, 2.45) is 0 Å². The Kier molecular flexibility index (Phi) is 4.37. The number of hydrogen-bond donors (Lipinski definition) is 4. The minimum atomic E-state index is -1.88. The van der Waals surface area contributed by atoms with E-state index >= 15 is 0 Å². The van der Waals surface area contributed by atoms with Gasteiger partial charge >= 0.3 is 5.97 Å². The number of halogens is 2. The van der Waals surface area contributed by atoms with E-state index in [9.17, 15) is 28.9 Å². The molecule has 21 heavy (non-hydrogen) atoms. The Bertz CT molecular complexity index is 538. The molecule has 5 atom stereocenters. The van der Waals surface area contributed by atoms with Crippen molar-refractivity contribution in [3.05, 3.63) is 29.8 Å². The fraction of sp³-hybridized carbons (Fsp3) is 0.417. The minimum absolute atomic E-state index is 0.506. The van der Waals surface area contributed by atoms with E-state index in [1.54, 1.807) is 0 Å². The smallest absolute Gasteiger partial charge is 0.335 e. The number of aliphatic hydroxyl groups excluding tert-OH is 3. The number of ether oxygens (including phenoxy) is 2. The van der Waals surface area contributed by atoms with Crippen LogP contribution in [0.25, 0.3) is 0 Å². The Balaban J connectivity index is 2.20. The topological polar surface area (TPSA) is 116 Å². The van der Waals surface area contributed by atoms with Crippen molar-refractivity contribution < 1.29 is 43.5 Å². The predicted octanol–water partition coefficient (Wildman–Crippen LogP) is -0.764. The summed E-state index contributed by atoms with van der Waals surface area (Å²) >= 11 is 0. The molecule has 1 fully saturated rings. The summed E-state index contributed by atoms with van der Waals surface area (Å²) < 4.78 is 35.9. The van der Waals surface area contributed by atoms with E-state index in [-0.39, 0.29) is 0 Å². The van der Waals surface area contributed by atoms with Crippen LogP contribution >= 0.6 is 0 Å². The average molecular weight is 306 g/mol. The summed E-state index contributed by atoms with van der Waals surface area (Å²) in [6, 6.07) is 2.31. The van der Waals surface area contributed by atoms with Gasteiger partial charge in [-0.25, -0.2) is 13.6 Å². The highest BCUT2D eigenvalue weighted by atomic mass is 19.1. The number of benzene rings is 1. The number of hydrogen-bond acceptors (Lipinski definition) is 6. The molecule has 9 heteroatoms. The molecule has 2 rings (SSSR count). The molecule has 0 unspecified atom stereocenters. The Morgan fingerprint density at radius 2 is 1.81 bits per heavy atom. The van der Waals surface area contributed by atoms with E-state index in [4.69, 9.17) is 14.6 Å². The zero-order chi connectivity index (χ0) is 15.7. The van der Waals surface area contributed by atoms with Crippen molar-refractivity contribution in [3.63, 3.8) is 0 Å². The molecule has 0 amide bonds. The predicted molar refractivity (Wildman–Crippen MR) is 61.3 cm³/mol. The third-order valence-corrected chi connectivity index (χ3v) is 2.95. The van der Waals surface area contributed by atoms with Gasteiger partial charge in [-0.3, -0.25) is 0 Å². The maximum atomic E-state index is 13.4. The monoisotopic (exact) mass is 306 g/mol. The normalized spacial score (nSPS) is 32.7. The van der Waals surface area contributed by atoms with Gasteiger partial charge in [-0.2, -0.15) is 0 Å². The summed E-state index contributed by atoms with van der Waals surface area (Å²) in [6.07, 6.45) is -9.18. The quantitative estimate of drug-likeness (QED) is 0.580. The van der Waals surface area contributed by atoms with Crippen LogP contribution in [0.4, 0.5) is 8.78 Å². The lowest BCUT2D eigenvalue weighted by atomic mass is 9.99. The molecule has 4 N–H and O–H groups in total. The fourth-order valence-corrected chi connectivity index (χ4v) is 1.85. The second kappa shape index (κ2) is 5.90. The van der Waals surface area contributed by atoms with Crippen LogP contribution in [0.1, 0.15) is 0 Å². The van der Waals surface area contributed by atoms with Crippen molar-refractivity contribution in [1.29, 1.82) is 0 Å². The summed E-state index contributed by atoms with van der Waals surface area (Å²) in [7, 11) is 0. The maximum absolute atomic E-state index is 13.4. The summed E-state index contributed by atoms with van der Waals surface area (Å²) in [6.45, 7) is 0. The van der Waals surface area contributed by atoms with Crippen molar-refractivity contribution in [2.45, 2.75) is 30.7 Å². The van der Waals surface area contributed by atoms with E-state index in [0.717, 1.165) is 12.1 Å². The van der Waals surface area contributed by atoms with Gasteiger partial charge in [0, 0.05) is 6.07 Å². The summed E-state index contributed by atoms with van der Waals surface area (Å²) in [4.78, 5) is 10.9. The molecule has 1 heterocycles. The first-order valence-corrected chi connectivity index (χ1v) is 5.85. The molecular formula is C12H12F2O7. The third-order valence-electron chi connectivity index (χ3n) is 2.95. The first-order valence-electron chi connectivity index (χ1n) is 5.85. The molecule has 1 aromatic rings. The van der Waals surface area contributed by atoms with Crippen LogP contribution in [0.5, 0.6) is 5.75 Å². The number of carboxylic acids is 1. The lowest BCUT2D eigenvalue weighted by Gasteiger charge is -2.38. The first-order chi connectivity index (χ1) is 9.81. The van der Waals surface area contributed by atoms with Crippen LogP contribution < -0.4 is 4.74 Å². The standard InChI is InChI=1S/C12H12F2O7/c13-4-1-2-6(5(14)3-4)20-12-9(17)7(15)8(16)10(21-12)11(18)19/h1-3,7-10,12,15-17H,(H,18,19)/t7-,8-,9+,10-,12+/m0/s1. The van der Waals surface area contributed by atoms with Gasteiger partial charge in [-0.1, -0.05) is 0 Å².